The number of nitrogens with zero attached hydrogens (tertiary/aromatic N) is 2. The number of carboxylic acid groups (broad SMARTS) is 1. The molecule has 1 aromatic heterocycles. The van der Waals surface area contributed by atoms with Gasteiger partial charge in [0.2, 0.25) is 5.69 Å². The molecule has 0 aliphatic rings. The van der Waals surface area contributed by atoms with Crippen molar-refractivity contribution in [3.8, 4) is 22.3 Å². The van der Waals surface area contributed by atoms with Gasteiger partial charge in [0.05, 0.1) is 6.57 Å². The molecule has 1 heterocycles. The Bertz CT molecular complexity index is 962. The zero-order valence-corrected chi connectivity index (χ0v) is 14.2. The van der Waals surface area contributed by atoms with Crippen LogP contribution in [0.4, 0.5) is 5.69 Å². The molecular weight excluding hydrogens is 312 g/mol. The predicted octanol–water partition coefficient (Wildman–Crippen LogP) is 5.17. The molecule has 0 unspecified atom stereocenters. The van der Waals surface area contributed by atoms with Gasteiger partial charge in [0.1, 0.15) is 5.69 Å². The van der Waals surface area contributed by atoms with Crippen LogP contribution in [0.15, 0.2) is 54.6 Å². The van der Waals surface area contributed by atoms with Crippen molar-refractivity contribution < 1.29 is 9.90 Å². The first-order valence-corrected chi connectivity index (χ1v) is 8.06. The Labute approximate surface area is 146 Å². The molecular formula is C21H18N2O2. The van der Waals surface area contributed by atoms with Crippen molar-refractivity contribution in [2.75, 3.05) is 0 Å². The summed E-state index contributed by atoms with van der Waals surface area (Å²) in [5.74, 6) is -1.02. The number of rotatable bonds is 4. The van der Waals surface area contributed by atoms with Gasteiger partial charge in [-0.15, -0.1) is 0 Å². The molecule has 4 nitrogen and oxygen atoms in total. The van der Waals surface area contributed by atoms with Gasteiger partial charge in [-0.25, -0.2) is 9.64 Å². The molecule has 1 N–H and O–H groups in total. The van der Waals surface area contributed by atoms with E-state index in [2.05, 4.69) is 4.85 Å². The lowest BCUT2D eigenvalue weighted by Crippen LogP contribution is -2.07. The van der Waals surface area contributed by atoms with Crippen LogP contribution < -0.4 is 0 Å². The fourth-order valence-electron chi connectivity index (χ4n) is 3.23. The van der Waals surface area contributed by atoms with Crippen molar-refractivity contribution in [1.29, 1.82) is 0 Å². The second kappa shape index (κ2) is 6.66. The van der Waals surface area contributed by atoms with Crippen molar-refractivity contribution in [2.24, 2.45) is 7.05 Å². The van der Waals surface area contributed by atoms with E-state index in [0.29, 0.717) is 17.7 Å². The van der Waals surface area contributed by atoms with Crippen molar-refractivity contribution in [3.05, 3.63) is 77.4 Å². The average molecular weight is 330 g/mol. The van der Waals surface area contributed by atoms with Crippen LogP contribution in [-0.4, -0.2) is 15.6 Å². The summed E-state index contributed by atoms with van der Waals surface area (Å²) in [5.41, 5.74) is 4.73. The molecule has 25 heavy (non-hydrogen) atoms. The molecule has 4 heteroatoms. The first-order valence-electron chi connectivity index (χ1n) is 8.06. The molecule has 124 valence electrons. The van der Waals surface area contributed by atoms with Gasteiger partial charge in [0, 0.05) is 18.3 Å². The molecule has 3 aromatic rings. The van der Waals surface area contributed by atoms with Gasteiger partial charge in [0.25, 0.3) is 0 Å². The Morgan fingerprint density at radius 3 is 2.12 bits per heavy atom. The number of benzene rings is 2. The minimum Gasteiger partial charge on any atom is -0.477 e. The quantitative estimate of drug-likeness (QED) is 0.671. The van der Waals surface area contributed by atoms with E-state index in [1.54, 1.807) is 11.6 Å². The van der Waals surface area contributed by atoms with Crippen molar-refractivity contribution in [1.82, 2.24) is 4.57 Å². The van der Waals surface area contributed by atoms with Crippen molar-refractivity contribution >= 4 is 11.7 Å². The van der Waals surface area contributed by atoms with Crippen molar-refractivity contribution in [2.45, 2.75) is 13.3 Å². The van der Waals surface area contributed by atoms with Gasteiger partial charge in [-0.2, -0.15) is 0 Å². The Hall–Kier alpha value is -3.32. The second-order valence-corrected chi connectivity index (χ2v) is 5.79. The van der Waals surface area contributed by atoms with Crippen LogP contribution in [0.25, 0.3) is 27.1 Å². The summed E-state index contributed by atoms with van der Waals surface area (Å²) in [6.07, 6.45) is 0.608. The normalized spacial score (nSPS) is 10.4. The maximum absolute atomic E-state index is 11.8. The second-order valence-electron chi connectivity index (χ2n) is 5.79. The van der Waals surface area contributed by atoms with E-state index < -0.39 is 5.97 Å². The summed E-state index contributed by atoms with van der Waals surface area (Å²) < 4.78 is 1.62. The third-order valence-corrected chi connectivity index (χ3v) is 4.42. The number of carboxylic acids is 1. The summed E-state index contributed by atoms with van der Waals surface area (Å²) in [7, 11) is 1.71. The highest BCUT2D eigenvalue weighted by Crippen LogP contribution is 2.39. The summed E-state index contributed by atoms with van der Waals surface area (Å²) in [5, 5.41) is 9.65. The fraction of sp³-hybridized carbons (Fsp3) is 0.143. The van der Waals surface area contributed by atoms with E-state index in [9.17, 15) is 9.90 Å². The number of aromatic nitrogens is 1. The zero-order chi connectivity index (χ0) is 18.0. The van der Waals surface area contributed by atoms with E-state index in [-0.39, 0.29) is 5.69 Å². The zero-order valence-electron chi connectivity index (χ0n) is 14.2. The van der Waals surface area contributed by atoms with E-state index in [1.165, 1.54) is 0 Å². The average Bonchev–Trinajstić information content (AvgIpc) is 2.94. The minimum absolute atomic E-state index is 0.162. The fourth-order valence-corrected chi connectivity index (χ4v) is 3.23. The van der Waals surface area contributed by atoms with Crippen LogP contribution in [0, 0.1) is 6.57 Å². The Morgan fingerprint density at radius 1 is 1.04 bits per heavy atom. The maximum atomic E-state index is 11.8. The highest BCUT2D eigenvalue weighted by atomic mass is 16.4. The Kier molecular flexibility index (Phi) is 4.40. The molecule has 2 aromatic carbocycles. The standard InChI is InChI=1S/C21H18N2O2/c1-4-17-19(22-2)18(20(21(24)25)23(17)3)16-12-10-15(11-13-16)14-8-6-5-7-9-14/h5-13H,4H2,1,3H3,(H,24,25). The van der Waals surface area contributed by atoms with E-state index in [1.807, 2.05) is 61.5 Å². The Balaban J connectivity index is 2.17. The summed E-state index contributed by atoms with van der Waals surface area (Å²) >= 11 is 0. The number of hydrogen-bond acceptors (Lipinski definition) is 1. The van der Waals surface area contributed by atoms with Crippen LogP contribution in [-0.2, 0) is 13.5 Å². The maximum Gasteiger partial charge on any atom is 0.351 e. The molecule has 0 saturated heterocycles. The van der Waals surface area contributed by atoms with Crippen LogP contribution in [0.2, 0.25) is 0 Å². The van der Waals surface area contributed by atoms with Gasteiger partial charge in [-0.1, -0.05) is 61.5 Å². The first kappa shape index (κ1) is 16.5. The molecule has 0 saturated carbocycles. The molecule has 0 spiro atoms. The molecule has 0 atom stereocenters. The molecule has 0 bridgehead atoms. The number of hydrogen-bond donors (Lipinski definition) is 1. The largest absolute Gasteiger partial charge is 0.477 e. The molecule has 0 aliphatic carbocycles. The SMILES string of the molecule is [C-]#[N+]c1c(-c2ccc(-c3ccccc3)cc2)c(C(=O)O)n(C)c1CC. The minimum atomic E-state index is -1.02. The monoisotopic (exact) mass is 330 g/mol. The number of carbonyl (C=O) groups is 1. The lowest BCUT2D eigenvalue weighted by Gasteiger charge is -2.07. The van der Waals surface area contributed by atoms with Gasteiger partial charge < -0.3 is 9.67 Å². The van der Waals surface area contributed by atoms with Gasteiger partial charge in [0.15, 0.2) is 0 Å². The highest BCUT2D eigenvalue weighted by molar-refractivity contribution is 6.00. The summed E-state index contributed by atoms with van der Waals surface area (Å²) in [4.78, 5) is 15.4. The lowest BCUT2D eigenvalue weighted by molar-refractivity contribution is 0.0687. The molecule has 0 fully saturated rings. The summed E-state index contributed by atoms with van der Waals surface area (Å²) in [6, 6.07) is 17.7. The van der Waals surface area contributed by atoms with E-state index in [0.717, 1.165) is 22.4 Å². The predicted molar refractivity (Wildman–Crippen MR) is 98.9 cm³/mol. The smallest absolute Gasteiger partial charge is 0.351 e. The van der Waals surface area contributed by atoms with Gasteiger partial charge in [-0.3, -0.25) is 0 Å². The third-order valence-electron chi connectivity index (χ3n) is 4.42. The third kappa shape index (κ3) is 2.81. The lowest BCUT2D eigenvalue weighted by atomic mass is 9.99. The topological polar surface area (TPSA) is 46.6 Å². The van der Waals surface area contributed by atoms with Crippen LogP contribution >= 0.6 is 0 Å². The van der Waals surface area contributed by atoms with Crippen LogP contribution in [0.1, 0.15) is 23.1 Å². The van der Waals surface area contributed by atoms with Gasteiger partial charge in [-0.05, 0) is 23.1 Å². The number of aromatic carboxylic acids is 1. The highest BCUT2D eigenvalue weighted by Gasteiger charge is 2.25. The van der Waals surface area contributed by atoms with E-state index >= 15 is 0 Å². The van der Waals surface area contributed by atoms with Crippen LogP contribution in [0.5, 0.6) is 0 Å². The first-order chi connectivity index (χ1) is 12.1. The van der Waals surface area contributed by atoms with Gasteiger partial charge >= 0.3 is 5.97 Å². The van der Waals surface area contributed by atoms with Crippen LogP contribution in [0.3, 0.4) is 0 Å². The van der Waals surface area contributed by atoms with E-state index in [4.69, 9.17) is 6.57 Å². The van der Waals surface area contributed by atoms with Crippen molar-refractivity contribution in [3.63, 3.8) is 0 Å². The summed E-state index contributed by atoms with van der Waals surface area (Å²) in [6.45, 7) is 9.45. The molecule has 3 rings (SSSR count). The molecule has 0 amide bonds. The Morgan fingerprint density at radius 2 is 1.60 bits per heavy atom. The molecule has 0 aliphatic heterocycles. The molecule has 0 radical (unpaired) electrons.